The van der Waals surface area contributed by atoms with Crippen molar-refractivity contribution in [3.63, 3.8) is 0 Å². The average molecular weight is 538 g/mol. The molecule has 4 rings (SSSR count). The maximum atomic E-state index is 13.7. The number of hydrogen-bond donors (Lipinski definition) is 1. The smallest absolute Gasteiger partial charge is 0.369 e. The van der Waals surface area contributed by atoms with Crippen molar-refractivity contribution in [1.29, 1.82) is 0 Å². The van der Waals surface area contributed by atoms with Gasteiger partial charge in [-0.15, -0.1) is 13.2 Å². The molecule has 0 spiro atoms. The van der Waals surface area contributed by atoms with Gasteiger partial charge in [0.25, 0.3) is 0 Å². The second kappa shape index (κ2) is 12.2. The average Bonchev–Trinajstić information content (AvgIpc) is 2.89. The maximum absolute atomic E-state index is 13.7. The van der Waals surface area contributed by atoms with Gasteiger partial charge in [0.1, 0.15) is 11.6 Å². The Morgan fingerprint density at radius 1 is 0.974 bits per heavy atom. The molecule has 0 fully saturated rings. The van der Waals surface area contributed by atoms with Gasteiger partial charge in [-0.05, 0) is 42.3 Å². The van der Waals surface area contributed by atoms with E-state index >= 15 is 0 Å². The summed E-state index contributed by atoms with van der Waals surface area (Å²) in [5.74, 6) is 1.12. The zero-order valence-electron chi connectivity index (χ0n) is 20.7. The first kappa shape index (κ1) is 27.3. The topological polar surface area (TPSA) is 53.9 Å². The molecule has 196 valence electrons. The molecule has 0 saturated heterocycles. The van der Waals surface area contributed by atoms with Gasteiger partial charge in [-0.25, -0.2) is 9.97 Å². The van der Waals surface area contributed by atoms with Crippen molar-refractivity contribution in [1.82, 2.24) is 19.9 Å². The van der Waals surface area contributed by atoms with Gasteiger partial charge in [-0.3, -0.25) is 9.88 Å². The van der Waals surface area contributed by atoms with E-state index in [1.165, 1.54) is 12.3 Å². The SMILES string of the molecule is C=CCN(CC=C)Cc1nc(NCCc2ccccc2Cl)c2ccc(-c3ncccc3C(F)(F)F)cc2n1. The lowest BCUT2D eigenvalue weighted by atomic mass is 10.0. The van der Waals surface area contributed by atoms with E-state index in [2.05, 4.69) is 28.4 Å². The summed E-state index contributed by atoms with van der Waals surface area (Å²) in [5.41, 5.74) is 0.903. The van der Waals surface area contributed by atoms with Crippen LogP contribution in [0.15, 0.2) is 86.1 Å². The van der Waals surface area contributed by atoms with Gasteiger partial charge in [-0.2, -0.15) is 13.2 Å². The summed E-state index contributed by atoms with van der Waals surface area (Å²) >= 11 is 6.30. The Balaban J connectivity index is 1.73. The zero-order chi connectivity index (χ0) is 27.1. The second-order valence-corrected chi connectivity index (χ2v) is 9.06. The van der Waals surface area contributed by atoms with Gasteiger partial charge in [-0.1, -0.05) is 48.0 Å². The first-order chi connectivity index (χ1) is 18.3. The molecule has 2 heterocycles. The molecular weight excluding hydrogens is 511 g/mol. The molecule has 0 saturated carbocycles. The molecule has 0 amide bonds. The number of hydrogen-bond acceptors (Lipinski definition) is 5. The number of alkyl halides is 3. The fourth-order valence-electron chi connectivity index (χ4n) is 4.18. The lowest BCUT2D eigenvalue weighted by Crippen LogP contribution is -2.24. The van der Waals surface area contributed by atoms with E-state index in [9.17, 15) is 13.2 Å². The van der Waals surface area contributed by atoms with E-state index in [0.29, 0.717) is 65.7 Å². The summed E-state index contributed by atoms with van der Waals surface area (Å²) < 4.78 is 41.0. The highest BCUT2D eigenvalue weighted by atomic mass is 35.5. The molecule has 0 aliphatic rings. The van der Waals surface area contributed by atoms with Crippen LogP contribution in [0.1, 0.15) is 17.0 Å². The minimum absolute atomic E-state index is 0.143. The van der Waals surface area contributed by atoms with Crippen molar-refractivity contribution in [2.45, 2.75) is 19.1 Å². The Kier molecular flexibility index (Phi) is 8.76. The third kappa shape index (κ3) is 6.57. The van der Waals surface area contributed by atoms with Crippen molar-refractivity contribution in [3.8, 4) is 11.3 Å². The van der Waals surface area contributed by atoms with Crippen molar-refractivity contribution < 1.29 is 13.2 Å². The Labute approximate surface area is 224 Å². The lowest BCUT2D eigenvalue weighted by molar-refractivity contribution is -0.137. The second-order valence-electron chi connectivity index (χ2n) is 8.66. The zero-order valence-corrected chi connectivity index (χ0v) is 21.4. The summed E-state index contributed by atoms with van der Waals surface area (Å²) in [7, 11) is 0. The highest BCUT2D eigenvalue weighted by molar-refractivity contribution is 6.31. The maximum Gasteiger partial charge on any atom is 0.418 e. The summed E-state index contributed by atoms with van der Waals surface area (Å²) in [6.45, 7) is 9.78. The van der Waals surface area contributed by atoms with Crippen molar-refractivity contribution in [3.05, 3.63) is 108 Å². The van der Waals surface area contributed by atoms with Gasteiger partial charge < -0.3 is 5.32 Å². The molecule has 0 radical (unpaired) electrons. The molecule has 2 aromatic heterocycles. The third-order valence-corrected chi connectivity index (χ3v) is 6.28. The van der Waals surface area contributed by atoms with Crippen LogP contribution in [0.2, 0.25) is 5.02 Å². The Hall–Kier alpha value is -3.75. The number of anilines is 1. The molecule has 5 nitrogen and oxygen atoms in total. The Morgan fingerprint density at radius 2 is 1.74 bits per heavy atom. The number of pyridine rings is 1. The number of nitrogens with zero attached hydrogens (tertiary/aromatic N) is 4. The number of halogens is 4. The van der Waals surface area contributed by atoms with Crippen LogP contribution in [0, 0.1) is 0 Å². The quantitative estimate of drug-likeness (QED) is 0.205. The van der Waals surface area contributed by atoms with E-state index in [1.54, 1.807) is 30.4 Å². The molecule has 38 heavy (non-hydrogen) atoms. The molecule has 0 bridgehead atoms. The monoisotopic (exact) mass is 537 g/mol. The first-order valence-electron chi connectivity index (χ1n) is 12.0. The fourth-order valence-corrected chi connectivity index (χ4v) is 4.41. The predicted molar refractivity (Wildman–Crippen MR) is 147 cm³/mol. The standard InChI is InChI=1S/C29H27ClF3N5/c1-3-16-38(17-4-2)19-26-36-25-18-21(27-23(29(31,32)33)9-7-14-34-27)11-12-22(25)28(37-26)35-15-13-20-8-5-6-10-24(20)30/h3-12,14,18H,1-2,13,15-17,19H2,(H,35,36,37). The Bertz CT molecular complexity index is 1430. The molecule has 1 N–H and O–H groups in total. The van der Waals surface area contributed by atoms with Crippen LogP contribution in [0.5, 0.6) is 0 Å². The van der Waals surface area contributed by atoms with E-state index in [0.717, 1.165) is 11.6 Å². The van der Waals surface area contributed by atoms with E-state index < -0.39 is 11.7 Å². The van der Waals surface area contributed by atoms with Gasteiger partial charge in [0, 0.05) is 41.8 Å². The van der Waals surface area contributed by atoms with Crippen LogP contribution < -0.4 is 5.32 Å². The van der Waals surface area contributed by atoms with Crippen LogP contribution in [-0.2, 0) is 19.1 Å². The predicted octanol–water partition coefficient (Wildman–Crippen LogP) is 7.19. The summed E-state index contributed by atoms with van der Waals surface area (Å²) in [4.78, 5) is 15.6. The highest BCUT2D eigenvalue weighted by Gasteiger charge is 2.34. The van der Waals surface area contributed by atoms with Gasteiger partial charge >= 0.3 is 6.18 Å². The van der Waals surface area contributed by atoms with Gasteiger partial charge in [0.05, 0.1) is 23.3 Å². The molecule has 0 unspecified atom stereocenters. The number of fused-ring (bicyclic) bond motifs is 1. The normalized spacial score (nSPS) is 11.6. The van der Waals surface area contributed by atoms with E-state index in [1.807, 2.05) is 24.3 Å². The lowest BCUT2D eigenvalue weighted by Gasteiger charge is -2.19. The minimum Gasteiger partial charge on any atom is -0.369 e. The molecule has 2 aromatic carbocycles. The van der Waals surface area contributed by atoms with E-state index in [4.69, 9.17) is 21.6 Å². The number of benzene rings is 2. The summed E-state index contributed by atoms with van der Waals surface area (Å²) in [6, 6.07) is 14.9. The van der Waals surface area contributed by atoms with Crippen LogP contribution in [0.4, 0.5) is 19.0 Å². The molecule has 0 aliphatic heterocycles. The van der Waals surface area contributed by atoms with Crippen LogP contribution in [0.25, 0.3) is 22.2 Å². The minimum atomic E-state index is -4.53. The number of rotatable bonds is 11. The van der Waals surface area contributed by atoms with Gasteiger partial charge in [0.15, 0.2) is 0 Å². The Morgan fingerprint density at radius 3 is 2.45 bits per heavy atom. The van der Waals surface area contributed by atoms with Crippen molar-refractivity contribution >= 4 is 28.3 Å². The molecule has 0 atom stereocenters. The van der Waals surface area contributed by atoms with Crippen LogP contribution in [-0.4, -0.2) is 39.5 Å². The first-order valence-corrected chi connectivity index (χ1v) is 12.4. The third-order valence-electron chi connectivity index (χ3n) is 5.91. The number of nitrogens with one attached hydrogen (secondary N) is 1. The van der Waals surface area contributed by atoms with Crippen LogP contribution in [0.3, 0.4) is 0 Å². The molecule has 9 heteroatoms. The molecule has 4 aromatic rings. The highest BCUT2D eigenvalue weighted by Crippen LogP contribution is 2.36. The van der Waals surface area contributed by atoms with Crippen molar-refractivity contribution in [2.75, 3.05) is 25.0 Å². The molecule has 0 aliphatic carbocycles. The van der Waals surface area contributed by atoms with E-state index in [-0.39, 0.29) is 5.69 Å². The van der Waals surface area contributed by atoms with Gasteiger partial charge in [0.2, 0.25) is 0 Å². The van der Waals surface area contributed by atoms with Crippen molar-refractivity contribution in [2.24, 2.45) is 0 Å². The molecular formula is C29H27ClF3N5. The largest absolute Gasteiger partial charge is 0.418 e. The fraction of sp³-hybridized carbons (Fsp3) is 0.207. The summed E-state index contributed by atoms with van der Waals surface area (Å²) in [5, 5.41) is 4.75. The summed E-state index contributed by atoms with van der Waals surface area (Å²) in [6.07, 6.45) is 1.05. The van der Waals surface area contributed by atoms with Crippen LogP contribution >= 0.6 is 11.6 Å². The number of aromatic nitrogens is 3.